The fraction of sp³-hybridized carbons (Fsp3) is 0.429. The van der Waals surface area contributed by atoms with E-state index in [0.717, 1.165) is 24.0 Å². The number of hydrogen-bond acceptors (Lipinski definition) is 10. The van der Waals surface area contributed by atoms with Crippen molar-refractivity contribution in [2.24, 2.45) is 0 Å². The Morgan fingerprint density at radius 2 is 1.96 bits per heavy atom. The van der Waals surface area contributed by atoms with E-state index in [1.807, 2.05) is 32.0 Å². The molecule has 2 aliphatic rings. The van der Waals surface area contributed by atoms with Gasteiger partial charge in [0.2, 0.25) is 0 Å². The number of nitrogens with zero attached hydrogens (tertiary/aromatic N) is 4. The molecule has 3 unspecified atom stereocenters. The lowest BCUT2D eigenvalue weighted by atomic mass is 10.0. The molecule has 4 aromatic rings. The number of fused-ring (bicyclic) bond motifs is 1. The molecule has 0 aliphatic carbocycles. The Balaban J connectivity index is 1.29. The maximum atomic E-state index is 13.8. The summed E-state index contributed by atoms with van der Waals surface area (Å²) >= 11 is 0. The van der Waals surface area contributed by atoms with E-state index in [4.69, 9.17) is 23.4 Å². The van der Waals surface area contributed by atoms with Crippen molar-refractivity contribution >= 4 is 17.0 Å². The molecule has 0 saturated carbocycles. The molecular weight excluding hydrogens is 588 g/mol. The fourth-order valence-electron chi connectivity index (χ4n) is 6.12. The van der Waals surface area contributed by atoms with Crippen molar-refractivity contribution < 1.29 is 33.3 Å². The molecule has 3 atom stereocenters. The number of methoxy groups -OCH3 is 1. The summed E-state index contributed by atoms with van der Waals surface area (Å²) in [6.45, 7) is 5.94. The number of aliphatic hydroxyl groups is 1. The van der Waals surface area contributed by atoms with E-state index in [2.05, 4.69) is 16.0 Å². The molecule has 5 heterocycles. The van der Waals surface area contributed by atoms with Crippen molar-refractivity contribution in [2.75, 3.05) is 33.5 Å². The van der Waals surface area contributed by atoms with Crippen LogP contribution in [0.15, 0.2) is 53.2 Å². The first-order valence-electron chi connectivity index (χ1n) is 15.7. The second-order valence-electron chi connectivity index (χ2n) is 11.8. The van der Waals surface area contributed by atoms with E-state index in [9.17, 15) is 15.2 Å². The van der Waals surface area contributed by atoms with Gasteiger partial charge in [0.05, 0.1) is 62.9 Å². The van der Waals surface area contributed by atoms with Crippen LogP contribution in [0.3, 0.4) is 0 Å². The molecule has 2 saturated heterocycles. The third kappa shape index (κ3) is 6.42. The predicted molar refractivity (Wildman–Crippen MR) is 170 cm³/mol. The molecule has 2 fully saturated rings. The number of aliphatic hydroxyl groups excluding tert-OH is 1. The van der Waals surface area contributed by atoms with Gasteiger partial charge in [-0.1, -0.05) is 13.0 Å². The zero-order valence-corrected chi connectivity index (χ0v) is 26.3. The van der Waals surface area contributed by atoms with Gasteiger partial charge in [-0.05, 0) is 49.6 Å². The molecule has 0 bridgehead atoms. The van der Waals surface area contributed by atoms with E-state index < -0.39 is 6.10 Å². The van der Waals surface area contributed by atoms with Gasteiger partial charge in [0.15, 0.2) is 11.3 Å². The second kappa shape index (κ2) is 13.9. The summed E-state index contributed by atoms with van der Waals surface area (Å²) in [6.07, 6.45) is 5.32. The summed E-state index contributed by atoms with van der Waals surface area (Å²) in [4.78, 5) is 24.7. The Morgan fingerprint density at radius 1 is 1.13 bits per heavy atom. The molecular formula is C35H38N4O7. The number of amides is 1. The summed E-state index contributed by atoms with van der Waals surface area (Å²) in [5.74, 6) is 1.15. The van der Waals surface area contributed by atoms with Gasteiger partial charge in [0, 0.05) is 36.9 Å². The van der Waals surface area contributed by atoms with Crippen LogP contribution in [0.25, 0.3) is 33.7 Å². The minimum absolute atomic E-state index is 0.0174. The Morgan fingerprint density at radius 3 is 2.72 bits per heavy atom. The van der Waals surface area contributed by atoms with E-state index in [1.54, 1.807) is 29.3 Å². The third-order valence-electron chi connectivity index (χ3n) is 8.63. The molecule has 6 rings (SSSR count). The smallest absolute Gasteiger partial charge is 0.256 e. The standard InChI is InChI=1S/C35H38N4O7/c1-4-26(40)15-25-20-44-19-21(2)39(25)35(41)24-14-31(42-3)33(38-18-24)32-16-29-34(46-32)28(7-10-37-29)22-5-6-30(23(13-22)17-36)45-27-8-11-43-12-9-27/h5-7,10,13-14,16,18,21,25-27,40H,4,8-9,11-12,15,19-20H2,1-3H3. The van der Waals surface area contributed by atoms with Crippen molar-refractivity contribution in [3.05, 3.63) is 59.9 Å². The zero-order valence-electron chi connectivity index (χ0n) is 26.3. The number of hydrogen-bond donors (Lipinski definition) is 1. The van der Waals surface area contributed by atoms with Gasteiger partial charge in [-0.15, -0.1) is 0 Å². The molecule has 11 heteroatoms. The largest absolute Gasteiger partial charge is 0.494 e. The highest BCUT2D eigenvalue weighted by atomic mass is 16.5. The van der Waals surface area contributed by atoms with Crippen molar-refractivity contribution in [1.82, 2.24) is 14.9 Å². The highest BCUT2D eigenvalue weighted by Gasteiger charge is 2.34. The summed E-state index contributed by atoms with van der Waals surface area (Å²) in [7, 11) is 1.52. The Kier molecular flexibility index (Phi) is 9.49. The molecule has 1 aromatic carbocycles. The number of carbonyl (C=O) groups excluding carboxylic acids is 1. The van der Waals surface area contributed by atoms with Crippen molar-refractivity contribution in [3.8, 4) is 40.1 Å². The van der Waals surface area contributed by atoms with E-state index >= 15 is 0 Å². The van der Waals surface area contributed by atoms with Gasteiger partial charge in [0.1, 0.15) is 34.9 Å². The number of rotatable bonds is 9. The second-order valence-corrected chi connectivity index (χ2v) is 11.8. The van der Waals surface area contributed by atoms with Crippen LogP contribution in [-0.4, -0.2) is 83.7 Å². The summed E-state index contributed by atoms with van der Waals surface area (Å²) in [5, 5.41) is 20.2. The van der Waals surface area contributed by atoms with Crippen molar-refractivity contribution in [1.29, 1.82) is 5.26 Å². The van der Waals surface area contributed by atoms with Crippen LogP contribution in [-0.2, 0) is 9.47 Å². The van der Waals surface area contributed by atoms with E-state index in [1.165, 1.54) is 13.3 Å². The summed E-state index contributed by atoms with van der Waals surface area (Å²) < 4.78 is 29.3. The topological polar surface area (TPSA) is 140 Å². The Labute approximate surface area is 267 Å². The van der Waals surface area contributed by atoms with Gasteiger partial charge < -0.3 is 33.4 Å². The van der Waals surface area contributed by atoms with Gasteiger partial charge >= 0.3 is 0 Å². The minimum Gasteiger partial charge on any atom is -0.494 e. The zero-order chi connectivity index (χ0) is 32.2. The van der Waals surface area contributed by atoms with E-state index in [0.29, 0.717) is 84.4 Å². The molecule has 11 nitrogen and oxygen atoms in total. The predicted octanol–water partition coefficient (Wildman–Crippen LogP) is 5.39. The number of benzene rings is 1. The van der Waals surface area contributed by atoms with Crippen LogP contribution in [0.4, 0.5) is 0 Å². The molecule has 46 heavy (non-hydrogen) atoms. The van der Waals surface area contributed by atoms with Gasteiger partial charge in [0.25, 0.3) is 5.91 Å². The van der Waals surface area contributed by atoms with Crippen LogP contribution in [0.2, 0.25) is 0 Å². The minimum atomic E-state index is -0.523. The quantitative estimate of drug-likeness (QED) is 0.257. The van der Waals surface area contributed by atoms with Gasteiger partial charge in [-0.2, -0.15) is 5.26 Å². The van der Waals surface area contributed by atoms with Crippen LogP contribution in [0.1, 0.15) is 55.5 Å². The Hall–Kier alpha value is -4.50. The first-order valence-corrected chi connectivity index (χ1v) is 15.7. The molecule has 240 valence electrons. The molecule has 2 aliphatic heterocycles. The highest BCUT2D eigenvalue weighted by Crippen LogP contribution is 2.38. The van der Waals surface area contributed by atoms with Crippen LogP contribution >= 0.6 is 0 Å². The van der Waals surface area contributed by atoms with Gasteiger partial charge in [-0.3, -0.25) is 9.78 Å². The van der Waals surface area contributed by atoms with Crippen molar-refractivity contribution in [3.63, 3.8) is 0 Å². The maximum Gasteiger partial charge on any atom is 0.256 e. The number of aromatic nitrogens is 2. The third-order valence-corrected chi connectivity index (χ3v) is 8.63. The Bertz CT molecular complexity index is 1740. The summed E-state index contributed by atoms with van der Waals surface area (Å²) in [5.41, 5.74) is 3.91. The first kappa shape index (κ1) is 31.5. The van der Waals surface area contributed by atoms with Crippen LogP contribution < -0.4 is 9.47 Å². The monoisotopic (exact) mass is 626 g/mol. The molecule has 0 spiro atoms. The lowest BCUT2D eigenvalue weighted by Gasteiger charge is -2.41. The number of morpholine rings is 1. The van der Waals surface area contributed by atoms with Crippen molar-refractivity contribution in [2.45, 2.75) is 63.8 Å². The number of ether oxygens (including phenoxy) is 4. The fourth-order valence-corrected chi connectivity index (χ4v) is 6.12. The molecule has 0 radical (unpaired) electrons. The maximum absolute atomic E-state index is 13.8. The number of furan rings is 1. The lowest BCUT2D eigenvalue weighted by molar-refractivity contribution is -0.0436. The lowest BCUT2D eigenvalue weighted by Crippen LogP contribution is -2.54. The number of pyridine rings is 2. The molecule has 3 aromatic heterocycles. The SMILES string of the molecule is CCC(O)CC1COCC(C)N1C(=O)c1cnc(-c2cc3nccc(-c4ccc(OC5CCOCC5)c(C#N)c4)c3o2)c(OC)c1. The van der Waals surface area contributed by atoms with Gasteiger partial charge in [-0.25, -0.2) is 4.98 Å². The first-order chi connectivity index (χ1) is 22.4. The number of carbonyl (C=O) groups is 1. The normalized spacial score (nSPS) is 19.5. The van der Waals surface area contributed by atoms with Crippen LogP contribution in [0, 0.1) is 11.3 Å². The van der Waals surface area contributed by atoms with E-state index in [-0.39, 0.29) is 24.1 Å². The summed E-state index contributed by atoms with van der Waals surface area (Å²) in [6, 6.07) is 12.7. The van der Waals surface area contributed by atoms with Crippen LogP contribution in [0.5, 0.6) is 11.5 Å². The molecule has 1 amide bonds. The average molecular weight is 627 g/mol. The highest BCUT2D eigenvalue weighted by molar-refractivity contribution is 5.96. The average Bonchev–Trinajstić information content (AvgIpc) is 3.53. The molecule has 1 N–H and O–H groups in total. The number of nitriles is 1.